The molecular weight excluding hydrogens is 266 g/mol. The third-order valence-electron chi connectivity index (χ3n) is 3.75. The smallest absolute Gasteiger partial charge is 0.308 e. The lowest BCUT2D eigenvalue weighted by molar-refractivity contribution is -0.154. The lowest BCUT2D eigenvalue weighted by atomic mass is 10.1. The number of amides is 1. The summed E-state index contributed by atoms with van der Waals surface area (Å²) in [6.07, 6.45) is 2.38. The standard InChI is InChI=1S/C17H29NO3/c1-11(2)10-12-14(17(12,6)7)15(20)18-9-8-13(19)21-16(3,4)5/h10,12,14H,8-9H2,1-7H3,(H,18,20). The number of esters is 1. The van der Waals surface area contributed by atoms with Crippen molar-refractivity contribution in [2.24, 2.45) is 17.3 Å². The van der Waals surface area contributed by atoms with Crippen LogP contribution in [0.15, 0.2) is 11.6 Å². The topological polar surface area (TPSA) is 55.4 Å². The van der Waals surface area contributed by atoms with E-state index in [-0.39, 0.29) is 29.6 Å². The SMILES string of the molecule is CC(C)=CC1C(C(=O)NCCC(=O)OC(C)(C)C)C1(C)C. The summed E-state index contributed by atoms with van der Waals surface area (Å²) in [4.78, 5) is 23.8. The Balaban J connectivity index is 2.39. The van der Waals surface area contributed by atoms with E-state index in [1.165, 1.54) is 5.57 Å². The van der Waals surface area contributed by atoms with Gasteiger partial charge in [0.25, 0.3) is 0 Å². The van der Waals surface area contributed by atoms with Gasteiger partial charge in [-0.15, -0.1) is 0 Å². The quantitative estimate of drug-likeness (QED) is 0.626. The maximum Gasteiger partial charge on any atom is 0.308 e. The molecule has 0 aliphatic heterocycles. The van der Waals surface area contributed by atoms with Crippen molar-refractivity contribution in [1.29, 1.82) is 0 Å². The summed E-state index contributed by atoms with van der Waals surface area (Å²) in [5, 5.41) is 2.85. The first-order chi connectivity index (χ1) is 9.45. The van der Waals surface area contributed by atoms with Crippen LogP contribution in [0.2, 0.25) is 0 Å². The molecule has 1 amide bonds. The zero-order valence-corrected chi connectivity index (χ0v) is 14.4. The van der Waals surface area contributed by atoms with Gasteiger partial charge in [0.2, 0.25) is 5.91 Å². The second-order valence-corrected chi connectivity index (χ2v) is 7.70. The van der Waals surface area contributed by atoms with Gasteiger partial charge in [-0.05, 0) is 46.0 Å². The summed E-state index contributed by atoms with van der Waals surface area (Å²) in [7, 11) is 0. The molecule has 0 aromatic carbocycles. The molecule has 21 heavy (non-hydrogen) atoms. The Hall–Kier alpha value is -1.32. The predicted octanol–water partition coefficient (Wildman–Crippen LogP) is 3.07. The zero-order chi connectivity index (χ0) is 16.4. The summed E-state index contributed by atoms with van der Waals surface area (Å²) in [6.45, 7) is 14.1. The van der Waals surface area contributed by atoms with Crippen LogP contribution in [0.5, 0.6) is 0 Å². The first kappa shape index (κ1) is 17.7. The van der Waals surface area contributed by atoms with E-state index in [9.17, 15) is 9.59 Å². The lowest BCUT2D eigenvalue weighted by Gasteiger charge is -2.19. The highest BCUT2D eigenvalue weighted by Gasteiger charge is 2.60. The van der Waals surface area contributed by atoms with Gasteiger partial charge in [-0.1, -0.05) is 25.5 Å². The summed E-state index contributed by atoms with van der Waals surface area (Å²) in [6, 6.07) is 0. The average molecular weight is 295 g/mol. The third-order valence-corrected chi connectivity index (χ3v) is 3.75. The van der Waals surface area contributed by atoms with Crippen LogP contribution in [0, 0.1) is 17.3 Å². The molecule has 4 heteroatoms. The van der Waals surface area contributed by atoms with Gasteiger partial charge < -0.3 is 10.1 Å². The molecule has 0 aromatic heterocycles. The molecule has 2 unspecified atom stereocenters. The van der Waals surface area contributed by atoms with Crippen molar-refractivity contribution in [2.45, 2.75) is 60.5 Å². The molecule has 1 aliphatic carbocycles. The van der Waals surface area contributed by atoms with E-state index in [1.54, 1.807) is 0 Å². The maximum atomic E-state index is 12.2. The van der Waals surface area contributed by atoms with E-state index in [0.29, 0.717) is 12.5 Å². The van der Waals surface area contributed by atoms with Gasteiger partial charge in [0.1, 0.15) is 5.60 Å². The Morgan fingerprint density at radius 2 is 1.81 bits per heavy atom. The molecule has 0 aromatic rings. The van der Waals surface area contributed by atoms with Crippen molar-refractivity contribution in [3.63, 3.8) is 0 Å². The van der Waals surface area contributed by atoms with Crippen LogP contribution in [0.4, 0.5) is 0 Å². The first-order valence-corrected chi connectivity index (χ1v) is 7.59. The van der Waals surface area contributed by atoms with Gasteiger partial charge in [0.15, 0.2) is 0 Å². The summed E-state index contributed by atoms with van der Waals surface area (Å²) in [5.74, 6) is 0.0554. The molecule has 4 nitrogen and oxygen atoms in total. The molecule has 1 N–H and O–H groups in total. The Morgan fingerprint density at radius 1 is 1.24 bits per heavy atom. The van der Waals surface area contributed by atoms with Crippen LogP contribution in [-0.2, 0) is 14.3 Å². The van der Waals surface area contributed by atoms with Gasteiger partial charge in [-0.3, -0.25) is 9.59 Å². The van der Waals surface area contributed by atoms with Gasteiger partial charge in [-0.2, -0.15) is 0 Å². The molecule has 1 rings (SSSR count). The first-order valence-electron chi connectivity index (χ1n) is 7.59. The molecular formula is C17H29NO3. The Kier molecular flexibility index (Phi) is 5.24. The number of allylic oxidation sites excluding steroid dienone is 2. The molecule has 1 fully saturated rings. The molecule has 0 saturated heterocycles. The van der Waals surface area contributed by atoms with Crippen molar-refractivity contribution in [1.82, 2.24) is 5.32 Å². The minimum atomic E-state index is -0.478. The predicted molar refractivity (Wildman–Crippen MR) is 83.7 cm³/mol. The van der Waals surface area contributed by atoms with Crippen LogP contribution >= 0.6 is 0 Å². The largest absolute Gasteiger partial charge is 0.460 e. The molecule has 2 atom stereocenters. The number of hydrogen-bond acceptors (Lipinski definition) is 3. The van der Waals surface area contributed by atoms with Crippen molar-refractivity contribution >= 4 is 11.9 Å². The summed E-state index contributed by atoms with van der Waals surface area (Å²) in [5.41, 5.74) is 0.763. The van der Waals surface area contributed by atoms with E-state index in [4.69, 9.17) is 4.74 Å². The monoisotopic (exact) mass is 295 g/mol. The van der Waals surface area contributed by atoms with Gasteiger partial charge >= 0.3 is 5.97 Å². The van der Waals surface area contributed by atoms with Crippen LogP contribution in [-0.4, -0.2) is 24.0 Å². The Morgan fingerprint density at radius 3 is 2.29 bits per heavy atom. The minimum Gasteiger partial charge on any atom is -0.460 e. The van der Waals surface area contributed by atoms with E-state index in [2.05, 4.69) is 25.2 Å². The highest BCUT2D eigenvalue weighted by atomic mass is 16.6. The number of carbonyl (C=O) groups is 2. The normalized spacial score (nSPS) is 23.2. The summed E-state index contributed by atoms with van der Waals surface area (Å²) < 4.78 is 5.21. The van der Waals surface area contributed by atoms with Crippen LogP contribution in [0.3, 0.4) is 0 Å². The summed E-state index contributed by atoms with van der Waals surface area (Å²) >= 11 is 0. The fraction of sp³-hybridized carbons (Fsp3) is 0.765. The molecule has 120 valence electrons. The fourth-order valence-electron chi connectivity index (χ4n) is 2.64. The fourth-order valence-corrected chi connectivity index (χ4v) is 2.64. The number of carbonyl (C=O) groups excluding carboxylic acids is 2. The highest BCUT2D eigenvalue weighted by molar-refractivity contribution is 5.84. The van der Waals surface area contributed by atoms with E-state index < -0.39 is 5.60 Å². The second kappa shape index (κ2) is 6.20. The third kappa shape index (κ3) is 5.18. The lowest BCUT2D eigenvalue weighted by Crippen LogP contribution is -2.31. The van der Waals surface area contributed by atoms with E-state index >= 15 is 0 Å². The van der Waals surface area contributed by atoms with E-state index in [0.717, 1.165) is 0 Å². The number of nitrogens with one attached hydrogen (secondary N) is 1. The number of rotatable bonds is 5. The maximum absolute atomic E-state index is 12.2. The van der Waals surface area contributed by atoms with Crippen LogP contribution in [0.1, 0.15) is 54.9 Å². The van der Waals surface area contributed by atoms with Crippen LogP contribution in [0.25, 0.3) is 0 Å². The van der Waals surface area contributed by atoms with Crippen molar-refractivity contribution in [3.8, 4) is 0 Å². The zero-order valence-electron chi connectivity index (χ0n) is 14.4. The molecule has 1 aliphatic rings. The molecule has 0 heterocycles. The van der Waals surface area contributed by atoms with Crippen molar-refractivity contribution in [3.05, 3.63) is 11.6 Å². The van der Waals surface area contributed by atoms with Crippen LogP contribution < -0.4 is 5.32 Å². The molecule has 1 saturated carbocycles. The average Bonchev–Trinajstić information content (AvgIpc) is 2.76. The van der Waals surface area contributed by atoms with Gasteiger partial charge in [0.05, 0.1) is 12.3 Å². The van der Waals surface area contributed by atoms with Crippen molar-refractivity contribution in [2.75, 3.05) is 6.54 Å². The minimum absolute atomic E-state index is 0.00559. The Bertz CT molecular complexity index is 439. The highest BCUT2D eigenvalue weighted by Crippen LogP contribution is 2.59. The molecule has 0 bridgehead atoms. The molecule has 0 spiro atoms. The van der Waals surface area contributed by atoms with E-state index in [1.807, 2.05) is 34.6 Å². The molecule has 0 radical (unpaired) electrons. The van der Waals surface area contributed by atoms with Crippen molar-refractivity contribution < 1.29 is 14.3 Å². The van der Waals surface area contributed by atoms with Gasteiger partial charge in [-0.25, -0.2) is 0 Å². The van der Waals surface area contributed by atoms with Gasteiger partial charge in [0, 0.05) is 6.54 Å². The number of ether oxygens (including phenoxy) is 1. The second-order valence-electron chi connectivity index (χ2n) is 7.70. The Labute approximate surface area is 128 Å². The number of hydrogen-bond donors (Lipinski definition) is 1.